The van der Waals surface area contributed by atoms with E-state index in [4.69, 9.17) is 5.11 Å². The summed E-state index contributed by atoms with van der Waals surface area (Å²) in [5, 5.41) is 13.2. The van der Waals surface area contributed by atoms with Crippen molar-refractivity contribution in [2.45, 2.75) is 32.6 Å². The Hall–Kier alpha value is -1.36. The molecule has 0 bridgehead atoms. The SMILES string of the molecule is CCCCCCNC(=O)c1sccc1C(=O)O. The third-order valence-electron chi connectivity index (χ3n) is 2.42. The van der Waals surface area contributed by atoms with Gasteiger partial charge in [0.15, 0.2) is 0 Å². The lowest BCUT2D eigenvalue weighted by molar-refractivity contribution is 0.0692. The van der Waals surface area contributed by atoms with Crippen LogP contribution in [0, 0.1) is 0 Å². The van der Waals surface area contributed by atoms with E-state index >= 15 is 0 Å². The number of amides is 1. The summed E-state index contributed by atoms with van der Waals surface area (Å²) in [5.74, 6) is -1.34. The summed E-state index contributed by atoms with van der Waals surface area (Å²) in [4.78, 5) is 22.8. The lowest BCUT2D eigenvalue weighted by atomic mass is 10.2. The maximum Gasteiger partial charge on any atom is 0.337 e. The summed E-state index contributed by atoms with van der Waals surface area (Å²) in [5.41, 5.74) is 0.0843. The summed E-state index contributed by atoms with van der Waals surface area (Å²) in [7, 11) is 0. The van der Waals surface area contributed by atoms with Gasteiger partial charge in [-0.2, -0.15) is 0 Å². The van der Waals surface area contributed by atoms with Crippen LogP contribution in [0.2, 0.25) is 0 Å². The van der Waals surface area contributed by atoms with E-state index in [1.807, 2.05) is 0 Å². The lowest BCUT2D eigenvalue weighted by Gasteiger charge is -2.04. The fraction of sp³-hybridized carbons (Fsp3) is 0.500. The molecule has 0 aliphatic rings. The van der Waals surface area contributed by atoms with Crippen LogP contribution >= 0.6 is 11.3 Å². The zero-order valence-corrected chi connectivity index (χ0v) is 10.7. The van der Waals surface area contributed by atoms with Crippen LogP contribution in [0.5, 0.6) is 0 Å². The number of aromatic carboxylic acids is 1. The molecule has 2 N–H and O–H groups in total. The average Bonchev–Trinajstić information content (AvgIpc) is 2.77. The number of carboxylic acids is 1. The Labute approximate surface area is 105 Å². The molecule has 17 heavy (non-hydrogen) atoms. The Kier molecular flexibility index (Phi) is 5.69. The molecule has 0 atom stereocenters. The maximum atomic E-state index is 11.7. The number of hydrogen-bond acceptors (Lipinski definition) is 3. The molecule has 0 radical (unpaired) electrons. The van der Waals surface area contributed by atoms with Gasteiger partial charge in [-0.25, -0.2) is 4.79 Å². The van der Waals surface area contributed by atoms with Gasteiger partial charge >= 0.3 is 5.97 Å². The van der Waals surface area contributed by atoms with E-state index < -0.39 is 5.97 Å². The van der Waals surface area contributed by atoms with Crippen LogP contribution in [0.25, 0.3) is 0 Å². The van der Waals surface area contributed by atoms with Crippen molar-refractivity contribution in [3.05, 3.63) is 21.9 Å². The first-order chi connectivity index (χ1) is 8.16. The van der Waals surface area contributed by atoms with Gasteiger partial charge in [0.25, 0.3) is 5.91 Å². The van der Waals surface area contributed by atoms with Gasteiger partial charge in [0, 0.05) is 6.54 Å². The standard InChI is InChI=1S/C12H17NO3S/c1-2-3-4-5-7-13-11(14)10-9(12(15)16)6-8-17-10/h6,8H,2-5,7H2,1H3,(H,13,14)(H,15,16). The van der Waals surface area contributed by atoms with E-state index in [1.54, 1.807) is 5.38 Å². The molecule has 0 unspecified atom stereocenters. The van der Waals surface area contributed by atoms with Crippen molar-refractivity contribution in [1.29, 1.82) is 0 Å². The molecular formula is C12H17NO3S. The van der Waals surface area contributed by atoms with Crippen molar-refractivity contribution in [2.75, 3.05) is 6.54 Å². The van der Waals surface area contributed by atoms with Gasteiger partial charge in [0.2, 0.25) is 0 Å². The first kappa shape index (κ1) is 13.7. The van der Waals surface area contributed by atoms with Crippen LogP contribution in [0.4, 0.5) is 0 Å². The second-order valence-corrected chi connectivity index (χ2v) is 4.70. The molecule has 4 nitrogen and oxygen atoms in total. The Balaban J connectivity index is 2.42. The number of hydrogen-bond donors (Lipinski definition) is 2. The van der Waals surface area contributed by atoms with E-state index in [0.717, 1.165) is 37.0 Å². The molecule has 1 rings (SSSR count). The van der Waals surface area contributed by atoms with Crippen molar-refractivity contribution in [3.8, 4) is 0 Å². The zero-order chi connectivity index (χ0) is 12.7. The molecule has 0 saturated carbocycles. The maximum absolute atomic E-state index is 11.7. The molecule has 1 aromatic rings. The zero-order valence-electron chi connectivity index (χ0n) is 9.86. The molecule has 0 saturated heterocycles. The Morgan fingerprint density at radius 2 is 2.12 bits per heavy atom. The van der Waals surface area contributed by atoms with Crippen LogP contribution in [-0.2, 0) is 0 Å². The second kappa shape index (κ2) is 7.06. The third kappa shape index (κ3) is 4.19. The first-order valence-electron chi connectivity index (χ1n) is 5.75. The molecule has 0 aliphatic heterocycles. The smallest absolute Gasteiger partial charge is 0.337 e. The minimum absolute atomic E-state index is 0.0843. The topological polar surface area (TPSA) is 66.4 Å². The Bertz CT molecular complexity index is 387. The monoisotopic (exact) mass is 255 g/mol. The summed E-state index contributed by atoms with van der Waals surface area (Å²) in [6.45, 7) is 2.74. The van der Waals surface area contributed by atoms with Crippen LogP contribution in [0.15, 0.2) is 11.4 Å². The quantitative estimate of drug-likeness (QED) is 0.736. The predicted molar refractivity (Wildman–Crippen MR) is 67.8 cm³/mol. The number of carboxylic acid groups (broad SMARTS) is 1. The fourth-order valence-corrected chi connectivity index (χ4v) is 2.29. The van der Waals surface area contributed by atoms with Gasteiger partial charge in [-0.15, -0.1) is 11.3 Å². The van der Waals surface area contributed by atoms with E-state index in [9.17, 15) is 9.59 Å². The van der Waals surface area contributed by atoms with Crippen molar-refractivity contribution in [1.82, 2.24) is 5.32 Å². The summed E-state index contributed by atoms with van der Waals surface area (Å²) < 4.78 is 0. The number of rotatable bonds is 7. The fourth-order valence-electron chi connectivity index (χ4n) is 1.49. The van der Waals surface area contributed by atoms with Gasteiger partial charge in [-0.1, -0.05) is 26.2 Å². The number of unbranched alkanes of at least 4 members (excludes halogenated alkanes) is 3. The minimum atomic E-state index is -1.05. The molecule has 0 aliphatic carbocycles. The molecule has 1 aromatic heterocycles. The van der Waals surface area contributed by atoms with Gasteiger partial charge < -0.3 is 10.4 Å². The molecule has 1 heterocycles. The number of nitrogens with one attached hydrogen (secondary N) is 1. The Morgan fingerprint density at radius 1 is 1.35 bits per heavy atom. The molecule has 5 heteroatoms. The number of thiophene rings is 1. The summed E-state index contributed by atoms with van der Waals surface area (Å²) in [6.07, 6.45) is 4.34. The largest absolute Gasteiger partial charge is 0.478 e. The third-order valence-corrected chi connectivity index (χ3v) is 3.33. The summed E-state index contributed by atoms with van der Waals surface area (Å²) in [6, 6.07) is 1.46. The van der Waals surface area contributed by atoms with Gasteiger partial charge in [0.05, 0.1) is 5.56 Å². The molecular weight excluding hydrogens is 238 g/mol. The van der Waals surface area contributed by atoms with Crippen LogP contribution in [0.1, 0.15) is 52.6 Å². The minimum Gasteiger partial charge on any atom is -0.478 e. The molecule has 0 aromatic carbocycles. The van der Waals surface area contributed by atoms with Crippen LogP contribution in [-0.4, -0.2) is 23.5 Å². The van der Waals surface area contributed by atoms with Crippen LogP contribution < -0.4 is 5.32 Å². The molecule has 1 amide bonds. The van der Waals surface area contributed by atoms with E-state index in [-0.39, 0.29) is 16.3 Å². The van der Waals surface area contributed by atoms with E-state index in [0.29, 0.717) is 6.54 Å². The predicted octanol–water partition coefficient (Wildman–Crippen LogP) is 2.76. The van der Waals surface area contributed by atoms with Crippen molar-refractivity contribution >= 4 is 23.2 Å². The highest BCUT2D eigenvalue weighted by Crippen LogP contribution is 2.16. The van der Waals surface area contributed by atoms with Gasteiger partial charge in [-0.05, 0) is 17.9 Å². The van der Waals surface area contributed by atoms with Crippen molar-refractivity contribution < 1.29 is 14.7 Å². The highest BCUT2D eigenvalue weighted by Gasteiger charge is 2.17. The highest BCUT2D eigenvalue weighted by molar-refractivity contribution is 7.12. The van der Waals surface area contributed by atoms with Crippen LogP contribution in [0.3, 0.4) is 0 Å². The summed E-state index contributed by atoms with van der Waals surface area (Å²) >= 11 is 1.16. The first-order valence-corrected chi connectivity index (χ1v) is 6.63. The van der Waals surface area contributed by atoms with E-state index in [1.165, 1.54) is 6.07 Å². The molecule has 0 spiro atoms. The highest BCUT2D eigenvalue weighted by atomic mass is 32.1. The number of carbonyl (C=O) groups is 2. The van der Waals surface area contributed by atoms with Crippen molar-refractivity contribution in [2.24, 2.45) is 0 Å². The van der Waals surface area contributed by atoms with E-state index in [2.05, 4.69) is 12.2 Å². The average molecular weight is 255 g/mol. The Morgan fingerprint density at radius 3 is 2.76 bits per heavy atom. The van der Waals surface area contributed by atoms with Crippen molar-refractivity contribution in [3.63, 3.8) is 0 Å². The second-order valence-electron chi connectivity index (χ2n) is 3.79. The van der Waals surface area contributed by atoms with Gasteiger partial charge in [-0.3, -0.25) is 4.79 Å². The lowest BCUT2D eigenvalue weighted by Crippen LogP contribution is -2.25. The molecule has 94 valence electrons. The normalized spacial score (nSPS) is 10.2. The number of carbonyl (C=O) groups excluding carboxylic acids is 1. The van der Waals surface area contributed by atoms with Gasteiger partial charge in [0.1, 0.15) is 4.88 Å². The molecule has 0 fully saturated rings.